The summed E-state index contributed by atoms with van der Waals surface area (Å²) in [5, 5.41) is 14.3. The highest BCUT2D eigenvalue weighted by Crippen LogP contribution is 2.44. The zero-order chi connectivity index (χ0) is 13.3. The number of pyridine rings is 1. The molecule has 1 aromatic rings. The zero-order valence-corrected chi connectivity index (χ0v) is 10.3. The van der Waals surface area contributed by atoms with Gasteiger partial charge in [-0.25, -0.2) is 0 Å². The van der Waals surface area contributed by atoms with E-state index in [1.54, 1.807) is 12.1 Å². The molecule has 1 saturated carbocycles. The number of oxime groups is 1. The van der Waals surface area contributed by atoms with Crippen molar-refractivity contribution in [2.75, 3.05) is 0 Å². The first-order chi connectivity index (χ1) is 8.44. The second-order valence-corrected chi connectivity index (χ2v) is 5.14. The molecule has 0 aliphatic heterocycles. The summed E-state index contributed by atoms with van der Waals surface area (Å²) in [5.74, 6) is -0.227. The lowest BCUT2D eigenvalue weighted by Gasteiger charge is -2.06. The molecule has 6 nitrogen and oxygen atoms in total. The first-order valence-electron chi connectivity index (χ1n) is 5.69. The van der Waals surface area contributed by atoms with Crippen molar-refractivity contribution < 1.29 is 10.0 Å². The van der Waals surface area contributed by atoms with Crippen molar-refractivity contribution in [2.45, 2.75) is 26.3 Å². The molecule has 0 radical (unpaired) electrons. The highest BCUT2D eigenvalue weighted by molar-refractivity contribution is 5.98. The van der Waals surface area contributed by atoms with Crippen LogP contribution in [0.5, 0.6) is 0 Å². The molecule has 6 heteroatoms. The minimum Gasteiger partial charge on any atom is -0.409 e. The van der Waals surface area contributed by atoms with Crippen LogP contribution in [0.4, 0.5) is 0 Å². The molecule has 1 aliphatic rings. The number of rotatable bonds is 3. The van der Waals surface area contributed by atoms with Crippen LogP contribution in [0.25, 0.3) is 0 Å². The average Bonchev–Trinajstić information content (AvgIpc) is 2.95. The van der Waals surface area contributed by atoms with E-state index in [1.165, 1.54) is 6.20 Å². The molecule has 2 rings (SSSR count). The van der Waals surface area contributed by atoms with Crippen LogP contribution >= 0.6 is 0 Å². The second kappa shape index (κ2) is 4.29. The fourth-order valence-corrected chi connectivity index (χ4v) is 1.68. The summed E-state index contributed by atoms with van der Waals surface area (Å²) in [6.07, 6.45) is 2.39. The molecule has 1 aromatic heterocycles. The van der Waals surface area contributed by atoms with Crippen molar-refractivity contribution in [1.29, 1.82) is 0 Å². The first-order valence-corrected chi connectivity index (χ1v) is 5.69. The van der Waals surface area contributed by atoms with Crippen LogP contribution in [0.2, 0.25) is 0 Å². The molecule has 1 fully saturated rings. The third-order valence-electron chi connectivity index (χ3n) is 3.22. The molecule has 96 valence electrons. The van der Waals surface area contributed by atoms with E-state index in [9.17, 15) is 4.79 Å². The maximum atomic E-state index is 11.8. The number of amidine groups is 1. The highest BCUT2D eigenvalue weighted by atomic mass is 16.4. The van der Waals surface area contributed by atoms with Crippen LogP contribution in [0.1, 0.15) is 36.3 Å². The summed E-state index contributed by atoms with van der Waals surface area (Å²) in [4.78, 5) is 15.8. The smallest absolute Gasteiger partial charge is 0.270 e. The monoisotopic (exact) mass is 248 g/mol. The Hall–Kier alpha value is -2.11. The Morgan fingerprint density at radius 2 is 2.28 bits per heavy atom. The fraction of sp³-hybridized carbons (Fsp3) is 0.417. The number of hydrogen-bond donors (Lipinski definition) is 3. The molecule has 0 saturated heterocycles. The molecule has 0 bridgehead atoms. The van der Waals surface area contributed by atoms with Gasteiger partial charge in [0.15, 0.2) is 5.84 Å². The van der Waals surface area contributed by atoms with Crippen molar-refractivity contribution in [3.05, 3.63) is 29.6 Å². The minimum atomic E-state index is -0.198. The Morgan fingerprint density at radius 1 is 1.61 bits per heavy atom. The quantitative estimate of drug-likeness (QED) is 0.317. The number of carbonyl (C=O) groups excluding carboxylic acids is 1. The summed E-state index contributed by atoms with van der Waals surface area (Å²) in [6.45, 7) is 4.21. The van der Waals surface area contributed by atoms with Crippen molar-refractivity contribution >= 4 is 11.7 Å². The largest absolute Gasteiger partial charge is 0.409 e. The molecular formula is C12H16N4O2. The lowest BCUT2D eigenvalue weighted by atomic mass is 10.2. The zero-order valence-electron chi connectivity index (χ0n) is 10.3. The van der Waals surface area contributed by atoms with Gasteiger partial charge in [-0.15, -0.1) is 0 Å². The SMILES string of the molecule is CC1(C)CC1NC(=O)c1ccc(C(N)=NO)cn1. The summed E-state index contributed by atoms with van der Waals surface area (Å²) in [5.41, 5.74) is 6.39. The van der Waals surface area contributed by atoms with E-state index in [-0.39, 0.29) is 23.2 Å². The number of nitrogens with one attached hydrogen (secondary N) is 1. The van der Waals surface area contributed by atoms with E-state index >= 15 is 0 Å². The number of hydrogen-bond acceptors (Lipinski definition) is 4. The van der Waals surface area contributed by atoms with E-state index in [0.717, 1.165) is 6.42 Å². The Bertz CT molecular complexity index is 493. The number of carbonyl (C=O) groups is 1. The molecule has 0 aromatic carbocycles. The van der Waals surface area contributed by atoms with E-state index in [4.69, 9.17) is 10.9 Å². The van der Waals surface area contributed by atoms with Crippen molar-refractivity contribution in [2.24, 2.45) is 16.3 Å². The Balaban J connectivity index is 2.04. The Labute approximate surface area is 105 Å². The molecule has 4 N–H and O–H groups in total. The van der Waals surface area contributed by atoms with Gasteiger partial charge in [-0.3, -0.25) is 9.78 Å². The van der Waals surface area contributed by atoms with Gasteiger partial charge in [0.05, 0.1) is 0 Å². The second-order valence-electron chi connectivity index (χ2n) is 5.14. The summed E-state index contributed by atoms with van der Waals surface area (Å²) in [6, 6.07) is 3.36. The maximum absolute atomic E-state index is 11.8. The Morgan fingerprint density at radius 3 is 2.72 bits per heavy atom. The maximum Gasteiger partial charge on any atom is 0.270 e. The van der Waals surface area contributed by atoms with Gasteiger partial charge < -0.3 is 16.3 Å². The van der Waals surface area contributed by atoms with Gasteiger partial charge >= 0.3 is 0 Å². The predicted molar refractivity (Wildman–Crippen MR) is 66.4 cm³/mol. The van der Waals surface area contributed by atoms with Gasteiger partial charge in [0.2, 0.25) is 0 Å². The molecule has 1 unspecified atom stereocenters. The van der Waals surface area contributed by atoms with Gasteiger partial charge in [0, 0.05) is 17.8 Å². The fourth-order valence-electron chi connectivity index (χ4n) is 1.68. The van der Waals surface area contributed by atoms with Crippen molar-refractivity contribution in [3.63, 3.8) is 0 Å². The van der Waals surface area contributed by atoms with Crippen LogP contribution in [0, 0.1) is 5.41 Å². The number of aromatic nitrogens is 1. The molecule has 1 aliphatic carbocycles. The van der Waals surface area contributed by atoms with Gasteiger partial charge in [-0.1, -0.05) is 19.0 Å². The van der Waals surface area contributed by atoms with Crippen LogP contribution in [0.15, 0.2) is 23.5 Å². The van der Waals surface area contributed by atoms with Crippen LogP contribution in [0.3, 0.4) is 0 Å². The molecule has 1 amide bonds. The topological polar surface area (TPSA) is 101 Å². The highest BCUT2D eigenvalue weighted by Gasteiger charge is 2.46. The third-order valence-corrected chi connectivity index (χ3v) is 3.22. The van der Waals surface area contributed by atoms with Crippen LogP contribution in [-0.2, 0) is 0 Å². The number of nitrogens with zero attached hydrogens (tertiary/aromatic N) is 2. The molecule has 18 heavy (non-hydrogen) atoms. The van der Waals surface area contributed by atoms with Crippen LogP contribution < -0.4 is 11.1 Å². The van der Waals surface area contributed by atoms with E-state index < -0.39 is 0 Å². The summed E-state index contributed by atoms with van der Waals surface area (Å²) in [7, 11) is 0. The summed E-state index contributed by atoms with van der Waals surface area (Å²) >= 11 is 0. The van der Waals surface area contributed by atoms with E-state index in [2.05, 4.69) is 29.3 Å². The Kier molecular flexibility index (Phi) is 2.94. The first kappa shape index (κ1) is 12.3. The average molecular weight is 248 g/mol. The minimum absolute atomic E-state index is 0.0298. The predicted octanol–water partition coefficient (Wildman–Crippen LogP) is 0.704. The molecule has 1 heterocycles. The standard InChI is InChI=1S/C12H16N4O2/c1-12(2)5-9(12)15-11(17)8-4-3-7(6-14-8)10(13)16-18/h3-4,6,9,18H,5H2,1-2H3,(H2,13,16)(H,15,17). The van der Waals surface area contributed by atoms with Crippen molar-refractivity contribution in [3.8, 4) is 0 Å². The van der Waals surface area contributed by atoms with Gasteiger partial charge in [-0.05, 0) is 24.0 Å². The third kappa shape index (κ3) is 2.42. The van der Waals surface area contributed by atoms with Gasteiger partial charge in [0.1, 0.15) is 5.69 Å². The lowest BCUT2D eigenvalue weighted by molar-refractivity contribution is 0.0941. The van der Waals surface area contributed by atoms with Gasteiger partial charge in [-0.2, -0.15) is 0 Å². The normalized spacial score (nSPS) is 21.4. The summed E-state index contributed by atoms with van der Waals surface area (Å²) < 4.78 is 0. The number of nitrogens with two attached hydrogens (primary N) is 1. The van der Waals surface area contributed by atoms with E-state index in [1.807, 2.05) is 0 Å². The van der Waals surface area contributed by atoms with Crippen LogP contribution in [-0.4, -0.2) is 28.0 Å². The molecular weight excluding hydrogens is 232 g/mol. The lowest BCUT2D eigenvalue weighted by Crippen LogP contribution is -2.29. The van der Waals surface area contributed by atoms with E-state index in [0.29, 0.717) is 11.3 Å². The van der Waals surface area contributed by atoms with Crippen molar-refractivity contribution in [1.82, 2.24) is 10.3 Å². The molecule has 0 spiro atoms. The van der Waals surface area contributed by atoms with Gasteiger partial charge in [0.25, 0.3) is 5.91 Å². The number of amides is 1. The molecule has 1 atom stereocenters.